The molecule has 6 rings (SSSR count). The first-order valence-corrected chi connectivity index (χ1v) is 13.8. The second kappa shape index (κ2) is 11.4. The SMILES string of the molecule is N.Nc1nc2c(ncn2[C@@H]2O[C@H](CO)[C@@H](O)[C@H]2OP(=O)(O)OC[C@H]2O[C@@H](n3cnc4c(N)ncnc43)[C@H](O)[C@@H]2O)c(=O)[nH]1. The Hall–Kier alpha value is -3.67. The van der Waals surface area contributed by atoms with Gasteiger partial charge in [-0.1, -0.05) is 0 Å². The fraction of sp³-hybridized carbons (Fsp3) is 0.500. The molecule has 0 amide bonds. The molecule has 2 aliphatic heterocycles. The fourth-order valence-electron chi connectivity index (χ4n) is 4.84. The van der Waals surface area contributed by atoms with Crippen LogP contribution in [0.25, 0.3) is 22.3 Å². The van der Waals surface area contributed by atoms with E-state index in [4.69, 9.17) is 30.0 Å². The van der Waals surface area contributed by atoms with Crippen LogP contribution in [0.1, 0.15) is 12.5 Å². The van der Waals surface area contributed by atoms with Crippen LogP contribution in [0.15, 0.2) is 23.8 Å². The molecular weight excluding hydrogens is 601 g/mol. The van der Waals surface area contributed by atoms with Crippen LogP contribution in [-0.2, 0) is 23.1 Å². The standard InChI is InChI=1S/C20H25N10O11P.H3N/c21-14-8-15(24-3-23-14)29(4-25-8)18-12(34)10(32)7(40-18)2-38-42(36,37)41-13-11(33)6(1-31)39-19(13)30-5-26-9-16(30)27-20(22)28-17(9)35;/h3-7,10-13,18-19,31-34H,1-2H2,(H,36,37)(H2,21,23,24)(H3,22,27,28,35);1H3/t6-,7-,10-,11-,12-,13-,18-,19-;/m1./s1. The highest BCUT2D eigenvalue weighted by Crippen LogP contribution is 2.50. The monoisotopic (exact) mass is 629 g/mol. The topological polar surface area (TPSA) is 349 Å². The van der Waals surface area contributed by atoms with Gasteiger partial charge in [-0.15, -0.1) is 0 Å². The second-order valence-corrected chi connectivity index (χ2v) is 10.9. The number of aliphatic hydroxyl groups is 4. The molecule has 4 aromatic heterocycles. The number of fused-ring (bicyclic) bond motifs is 2. The number of phosphoric ester groups is 1. The van der Waals surface area contributed by atoms with E-state index >= 15 is 0 Å². The van der Waals surface area contributed by atoms with Gasteiger partial charge in [0.15, 0.2) is 35.1 Å². The quantitative estimate of drug-likeness (QED) is 0.0859. The van der Waals surface area contributed by atoms with Gasteiger partial charge in [-0.25, -0.2) is 24.5 Å². The lowest BCUT2D eigenvalue weighted by molar-refractivity contribution is -0.0615. The number of nitrogens with zero attached hydrogens (tertiary/aromatic N) is 7. The van der Waals surface area contributed by atoms with Crippen LogP contribution in [0.2, 0.25) is 0 Å². The van der Waals surface area contributed by atoms with E-state index in [1.54, 1.807) is 0 Å². The lowest BCUT2D eigenvalue weighted by atomic mass is 10.1. The molecule has 1 unspecified atom stereocenters. The van der Waals surface area contributed by atoms with Crippen molar-refractivity contribution in [1.29, 1.82) is 0 Å². The molecule has 22 nitrogen and oxygen atoms in total. The van der Waals surface area contributed by atoms with Gasteiger partial charge in [0.05, 0.1) is 25.9 Å². The van der Waals surface area contributed by atoms with Crippen LogP contribution in [0.5, 0.6) is 0 Å². The molecule has 2 saturated heterocycles. The lowest BCUT2D eigenvalue weighted by Crippen LogP contribution is -2.36. The van der Waals surface area contributed by atoms with E-state index in [1.807, 2.05) is 0 Å². The first kappa shape index (κ1) is 30.8. The zero-order chi connectivity index (χ0) is 29.9. The van der Waals surface area contributed by atoms with E-state index in [1.165, 1.54) is 17.2 Å². The summed E-state index contributed by atoms with van der Waals surface area (Å²) >= 11 is 0. The molecule has 234 valence electrons. The minimum atomic E-state index is -5.06. The van der Waals surface area contributed by atoms with Gasteiger partial charge in [-0.3, -0.25) is 28.0 Å². The third-order valence-electron chi connectivity index (χ3n) is 6.87. The molecule has 0 bridgehead atoms. The number of aromatic amines is 1. The Kier molecular flexibility index (Phi) is 8.19. The van der Waals surface area contributed by atoms with Crippen LogP contribution >= 0.6 is 7.82 Å². The number of nitrogens with two attached hydrogens (primary N) is 2. The molecule has 43 heavy (non-hydrogen) atoms. The van der Waals surface area contributed by atoms with E-state index in [0.717, 1.165) is 10.9 Å². The molecule has 6 heterocycles. The van der Waals surface area contributed by atoms with Crippen molar-refractivity contribution in [3.8, 4) is 0 Å². The van der Waals surface area contributed by atoms with E-state index in [2.05, 4.69) is 29.9 Å². The minimum absolute atomic E-state index is 0. The van der Waals surface area contributed by atoms with Crippen LogP contribution in [0.3, 0.4) is 0 Å². The number of rotatable bonds is 8. The third-order valence-corrected chi connectivity index (χ3v) is 7.86. The second-order valence-electron chi connectivity index (χ2n) is 9.48. The number of ether oxygens (including phenoxy) is 2. The van der Waals surface area contributed by atoms with E-state index in [9.17, 15) is 34.7 Å². The molecule has 2 aliphatic rings. The number of phosphoric acid groups is 1. The van der Waals surface area contributed by atoms with Gasteiger partial charge in [0, 0.05) is 0 Å². The Morgan fingerprint density at radius 1 is 0.953 bits per heavy atom. The molecule has 2 fully saturated rings. The Morgan fingerprint density at radius 2 is 1.63 bits per heavy atom. The van der Waals surface area contributed by atoms with Gasteiger partial charge < -0.3 is 52.4 Å². The molecule has 9 atom stereocenters. The van der Waals surface area contributed by atoms with Gasteiger partial charge in [-0.2, -0.15) is 4.98 Å². The highest BCUT2D eigenvalue weighted by Gasteiger charge is 2.50. The van der Waals surface area contributed by atoms with Gasteiger partial charge in [0.1, 0.15) is 48.5 Å². The molecule has 23 heteroatoms. The van der Waals surface area contributed by atoms with Gasteiger partial charge >= 0.3 is 7.82 Å². The number of nitrogen functional groups attached to an aromatic ring is 2. The lowest BCUT2D eigenvalue weighted by Gasteiger charge is -2.24. The van der Waals surface area contributed by atoms with Crippen molar-refractivity contribution < 1.29 is 48.4 Å². The third kappa shape index (κ3) is 5.34. The predicted octanol–water partition coefficient (Wildman–Crippen LogP) is -3.34. The zero-order valence-corrected chi connectivity index (χ0v) is 22.8. The zero-order valence-electron chi connectivity index (χ0n) is 21.9. The first-order chi connectivity index (χ1) is 20.0. The maximum absolute atomic E-state index is 13.0. The summed E-state index contributed by atoms with van der Waals surface area (Å²) < 4.78 is 37.0. The van der Waals surface area contributed by atoms with Crippen molar-refractivity contribution in [2.45, 2.75) is 49.1 Å². The highest BCUT2D eigenvalue weighted by atomic mass is 31.2. The highest BCUT2D eigenvalue weighted by molar-refractivity contribution is 7.47. The van der Waals surface area contributed by atoms with Crippen molar-refractivity contribution in [1.82, 2.24) is 45.2 Å². The van der Waals surface area contributed by atoms with E-state index in [-0.39, 0.29) is 40.2 Å². The number of aromatic nitrogens is 8. The normalized spacial score (nSPS) is 30.5. The summed E-state index contributed by atoms with van der Waals surface area (Å²) in [7, 11) is -5.06. The summed E-state index contributed by atoms with van der Waals surface area (Å²) in [6, 6.07) is 0. The molecule has 0 aromatic carbocycles. The molecule has 0 spiro atoms. The maximum Gasteiger partial charge on any atom is 0.472 e. The largest absolute Gasteiger partial charge is 0.472 e. The number of nitrogens with one attached hydrogen (secondary N) is 1. The molecule has 4 aromatic rings. The minimum Gasteiger partial charge on any atom is -0.394 e. The number of anilines is 2. The van der Waals surface area contributed by atoms with Crippen molar-refractivity contribution in [2.75, 3.05) is 24.7 Å². The number of hydrogen-bond acceptors (Lipinski definition) is 18. The Bertz CT molecular complexity index is 1730. The molecule has 13 N–H and O–H groups in total. The Morgan fingerprint density at radius 3 is 2.35 bits per heavy atom. The number of H-pyrrole nitrogens is 1. The van der Waals surface area contributed by atoms with Crippen LogP contribution in [0.4, 0.5) is 11.8 Å². The fourth-order valence-corrected chi connectivity index (χ4v) is 5.77. The summed E-state index contributed by atoms with van der Waals surface area (Å²) in [6.45, 7) is -1.44. The number of imidazole rings is 2. The van der Waals surface area contributed by atoms with Crippen LogP contribution < -0.4 is 23.2 Å². The summed E-state index contributed by atoms with van der Waals surface area (Å²) in [5.41, 5.74) is 11.0. The van der Waals surface area contributed by atoms with Crippen molar-refractivity contribution in [3.05, 3.63) is 29.3 Å². The first-order valence-electron chi connectivity index (χ1n) is 12.3. The predicted molar refractivity (Wildman–Crippen MR) is 141 cm³/mol. The number of hydrogen-bond donors (Lipinski definition) is 9. The summed E-state index contributed by atoms with van der Waals surface area (Å²) in [5.74, 6) is -0.171. The molecule has 0 radical (unpaired) electrons. The van der Waals surface area contributed by atoms with Crippen molar-refractivity contribution in [2.24, 2.45) is 0 Å². The van der Waals surface area contributed by atoms with Gasteiger partial charge in [0.25, 0.3) is 5.56 Å². The van der Waals surface area contributed by atoms with E-state index < -0.39 is 75.7 Å². The van der Waals surface area contributed by atoms with Gasteiger partial charge in [0.2, 0.25) is 5.95 Å². The number of aliphatic hydroxyl groups excluding tert-OH is 4. The average Bonchev–Trinajstić information content (AvgIpc) is 3.69. The molecule has 0 saturated carbocycles. The van der Waals surface area contributed by atoms with E-state index in [0.29, 0.717) is 0 Å². The van der Waals surface area contributed by atoms with Crippen LogP contribution in [-0.4, -0.2) is 114 Å². The maximum atomic E-state index is 13.0. The summed E-state index contributed by atoms with van der Waals surface area (Å²) in [5, 5.41) is 41.5. The average molecular weight is 629 g/mol. The summed E-state index contributed by atoms with van der Waals surface area (Å²) in [4.78, 5) is 44.9. The van der Waals surface area contributed by atoms with Crippen molar-refractivity contribution >= 4 is 41.9 Å². The molecular formula is C20H28N11O11P. The van der Waals surface area contributed by atoms with Crippen LogP contribution in [0, 0.1) is 0 Å². The molecule has 0 aliphatic carbocycles. The Balaban J connectivity index is 0.00000368. The summed E-state index contributed by atoms with van der Waals surface area (Å²) in [6.07, 6.45) is -8.05. The van der Waals surface area contributed by atoms with Gasteiger partial charge in [-0.05, 0) is 0 Å². The van der Waals surface area contributed by atoms with Crippen molar-refractivity contribution in [3.63, 3.8) is 0 Å². The Labute approximate surface area is 239 Å². The smallest absolute Gasteiger partial charge is 0.394 e.